The van der Waals surface area contributed by atoms with E-state index >= 15 is 0 Å². The Balaban J connectivity index is 1.90. The Morgan fingerprint density at radius 2 is 2.18 bits per heavy atom. The Morgan fingerprint density at radius 1 is 1.36 bits per heavy atom. The number of nitrogens with one attached hydrogen (secondary N) is 1. The first-order chi connectivity index (χ1) is 10.5. The minimum Gasteiger partial charge on any atom is -0.497 e. The topological polar surface area (TPSA) is 64.3 Å². The molecule has 0 bridgehead atoms. The third kappa shape index (κ3) is 2.86. The minimum absolute atomic E-state index is 0.150. The zero-order valence-electron chi connectivity index (χ0n) is 11.3. The molecule has 0 fully saturated rings. The SMILES string of the molecule is COc1cccc(N=C2CSc3nnc(C(F)(F)F)n3N2)c1. The van der Waals surface area contributed by atoms with Crippen LogP contribution in [0.25, 0.3) is 0 Å². The maximum absolute atomic E-state index is 12.8. The molecule has 2 heterocycles. The molecular weight excluding hydrogens is 319 g/mol. The molecular formula is C12H10F3N5OS. The molecule has 1 aliphatic heterocycles. The van der Waals surface area contributed by atoms with Crippen molar-refractivity contribution in [1.82, 2.24) is 14.9 Å². The number of nitrogens with zero attached hydrogens (tertiary/aromatic N) is 4. The molecule has 0 unspecified atom stereocenters. The van der Waals surface area contributed by atoms with Crippen molar-refractivity contribution in [2.75, 3.05) is 18.3 Å². The molecule has 0 amide bonds. The van der Waals surface area contributed by atoms with Crippen LogP contribution in [-0.4, -0.2) is 33.6 Å². The molecule has 0 saturated heterocycles. The van der Waals surface area contributed by atoms with Crippen LogP contribution in [-0.2, 0) is 6.18 Å². The summed E-state index contributed by atoms with van der Waals surface area (Å²) in [6.45, 7) is 0. The van der Waals surface area contributed by atoms with Crippen molar-refractivity contribution in [1.29, 1.82) is 0 Å². The first-order valence-electron chi connectivity index (χ1n) is 6.11. The van der Waals surface area contributed by atoms with E-state index in [0.717, 1.165) is 16.4 Å². The zero-order chi connectivity index (χ0) is 15.7. The third-order valence-electron chi connectivity index (χ3n) is 2.78. The van der Waals surface area contributed by atoms with Gasteiger partial charge in [-0.05, 0) is 12.1 Å². The first kappa shape index (κ1) is 14.7. The summed E-state index contributed by atoms with van der Waals surface area (Å²) in [6.07, 6.45) is -4.59. The van der Waals surface area contributed by atoms with Gasteiger partial charge in [-0.2, -0.15) is 13.2 Å². The molecule has 10 heteroatoms. The van der Waals surface area contributed by atoms with Gasteiger partial charge in [0.15, 0.2) is 0 Å². The van der Waals surface area contributed by atoms with Gasteiger partial charge in [-0.3, -0.25) is 5.43 Å². The summed E-state index contributed by atoms with van der Waals surface area (Å²) < 4.78 is 44.4. The maximum atomic E-state index is 12.8. The third-order valence-corrected chi connectivity index (χ3v) is 3.72. The van der Waals surface area contributed by atoms with Crippen LogP contribution < -0.4 is 10.2 Å². The number of thioether (sulfide) groups is 1. The number of amidine groups is 1. The van der Waals surface area contributed by atoms with Crippen LogP contribution in [0.4, 0.5) is 18.9 Å². The number of halogens is 3. The fraction of sp³-hybridized carbons (Fsp3) is 0.250. The van der Waals surface area contributed by atoms with E-state index in [-0.39, 0.29) is 5.16 Å². The highest BCUT2D eigenvalue weighted by Crippen LogP contribution is 2.31. The Labute approximate surface area is 127 Å². The van der Waals surface area contributed by atoms with Crippen molar-refractivity contribution in [2.24, 2.45) is 4.99 Å². The molecule has 0 radical (unpaired) electrons. The lowest BCUT2D eigenvalue weighted by molar-refractivity contribution is -0.146. The number of fused-ring (bicyclic) bond motifs is 1. The van der Waals surface area contributed by atoms with Crippen molar-refractivity contribution >= 4 is 23.3 Å². The fourth-order valence-electron chi connectivity index (χ4n) is 1.84. The van der Waals surface area contributed by atoms with Crippen LogP contribution in [0.1, 0.15) is 5.82 Å². The lowest BCUT2D eigenvalue weighted by atomic mass is 10.3. The van der Waals surface area contributed by atoms with Gasteiger partial charge in [0.1, 0.15) is 11.6 Å². The molecule has 1 aromatic heterocycles. The smallest absolute Gasteiger partial charge is 0.453 e. The van der Waals surface area contributed by atoms with E-state index in [4.69, 9.17) is 4.74 Å². The monoisotopic (exact) mass is 329 g/mol. The van der Waals surface area contributed by atoms with Gasteiger partial charge in [-0.1, -0.05) is 17.8 Å². The van der Waals surface area contributed by atoms with Crippen molar-refractivity contribution in [3.63, 3.8) is 0 Å². The van der Waals surface area contributed by atoms with Crippen molar-refractivity contribution in [3.05, 3.63) is 30.1 Å². The Hall–Kier alpha value is -2.23. The van der Waals surface area contributed by atoms with Gasteiger partial charge >= 0.3 is 6.18 Å². The summed E-state index contributed by atoms with van der Waals surface area (Å²) in [4.78, 5) is 4.29. The van der Waals surface area contributed by atoms with Crippen LogP contribution in [0, 0.1) is 0 Å². The summed E-state index contributed by atoms with van der Waals surface area (Å²) in [5.74, 6) is 0.253. The summed E-state index contributed by atoms with van der Waals surface area (Å²) in [5, 5.41) is 6.83. The summed E-state index contributed by atoms with van der Waals surface area (Å²) in [5.41, 5.74) is 3.17. The molecule has 1 aromatic carbocycles. The largest absolute Gasteiger partial charge is 0.497 e. The predicted molar refractivity (Wildman–Crippen MR) is 75.2 cm³/mol. The fourth-order valence-corrected chi connectivity index (χ4v) is 2.59. The predicted octanol–water partition coefficient (Wildman–Crippen LogP) is 2.68. The number of ether oxygens (including phenoxy) is 1. The van der Waals surface area contributed by atoms with E-state index in [2.05, 4.69) is 20.6 Å². The van der Waals surface area contributed by atoms with Gasteiger partial charge < -0.3 is 4.74 Å². The van der Waals surface area contributed by atoms with E-state index < -0.39 is 12.0 Å². The summed E-state index contributed by atoms with van der Waals surface area (Å²) >= 11 is 1.13. The standard InChI is InChI=1S/C12H10F3N5OS/c1-21-8-4-2-3-7(5-8)16-9-6-22-11-18-17-10(12(13,14)15)20(11)19-9/h2-5H,6H2,1H3,(H,16,19). The quantitative estimate of drug-likeness (QED) is 0.918. The molecule has 3 rings (SSSR count). The molecule has 0 spiro atoms. The second-order valence-electron chi connectivity index (χ2n) is 4.30. The molecule has 1 aliphatic rings. The van der Waals surface area contributed by atoms with Crippen LogP contribution >= 0.6 is 11.8 Å². The molecule has 0 atom stereocenters. The lowest BCUT2D eigenvalue weighted by Crippen LogP contribution is -2.33. The Morgan fingerprint density at radius 3 is 2.91 bits per heavy atom. The second kappa shape index (κ2) is 5.52. The number of hydrogen-bond acceptors (Lipinski definition) is 5. The van der Waals surface area contributed by atoms with E-state index in [9.17, 15) is 13.2 Å². The molecule has 116 valence electrons. The van der Waals surface area contributed by atoms with Gasteiger partial charge in [0.05, 0.1) is 18.6 Å². The van der Waals surface area contributed by atoms with Crippen LogP contribution in [0.3, 0.4) is 0 Å². The van der Waals surface area contributed by atoms with Crippen LogP contribution in [0.2, 0.25) is 0 Å². The number of rotatable bonds is 2. The average Bonchev–Trinajstić information content (AvgIpc) is 2.90. The highest BCUT2D eigenvalue weighted by molar-refractivity contribution is 7.99. The van der Waals surface area contributed by atoms with Gasteiger partial charge in [-0.15, -0.1) is 10.2 Å². The molecule has 1 N–H and O–H groups in total. The van der Waals surface area contributed by atoms with Gasteiger partial charge in [0.25, 0.3) is 5.82 Å². The van der Waals surface area contributed by atoms with Gasteiger partial charge in [0.2, 0.25) is 5.16 Å². The van der Waals surface area contributed by atoms with E-state index in [1.807, 2.05) is 0 Å². The Kier molecular flexibility index (Phi) is 3.69. The van der Waals surface area contributed by atoms with Crippen molar-refractivity contribution < 1.29 is 17.9 Å². The Bertz CT molecular complexity index is 728. The van der Waals surface area contributed by atoms with E-state index in [1.54, 1.807) is 24.3 Å². The molecule has 22 heavy (non-hydrogen) atoms. The van der Waals surface area contributed by atoms with Gasteiger partial charge in [0, 0.05) is 6.07 Å². The highest BCUT2D eigenvalue weighted by atomic mass is 32.2. The number of aliphatic imine (C=N–C) groups is 1. The molecule has 6 nitrogen and oxygen atoms in total. The molecule has 0 saturated carbocycles. The first-order valence-corrected chi connectivity index (χ1v) is 7.10. The average molecular weight is 329 g/mol. The van der Waals surface area contributed by atoms with Crippen molar-refractivity contribution in [2.45, 2.75) is 11.3 Å². The maximum Gasteiger partial charge on any atom is 0.453 e. The number of methoxy groups -OCH3 is 1. The van der Waals surface area contributed by atoms with Crippen molar-refractivity contribution in [3.8, 4) is 5.75 Å². The van der Waals surface area contributed by atoms with E-state index in [1.165, 1.54) is 7.11 Å². The number of benzene rings is 1. The zero-order valence-corrected chi connectivity index (χ0v) is 12.1. The number of hydrogen-bond donors (Lipinski definition) is 1. The van der Waals surface area contributed by atoms with E-state index in [0.29, 0.717) is 23.0 Å². The lowest BCUT2D eigenvalue weighted by Gasteiger charge is -2.19. The summed E-state index contributed by atoms with van der Waals surface area (Å²) in [6, 6.07) is 6.92. The molecule has 2 aromatic rings. The van der Waals surface area contributed by atoms with Gasteiger partial charge in [-0.25, -0.2) is 9.67 Å². The summed E-state index contributed by atoms with van der Waals surface area (Å²) in [7, 11) is 1.53. The number of aromatic nitrogens is 3. The molecule has 0 aliphatic carbocycles. The number of alkyl halides is 3. The minimum atomic E-state index is -4.59. The second-order valence-corrected chi connectivity index (χ2v) is 5.24. The normalized spacial score (nSPS) is 16.3. The highest BCUT2D eigenvalue weighted by Gasteiger charge is 2.40. The van der Waals surface area contributed by atoms with Crippen LogP contribution in [0.15, 0.2) is 34.4 Å². The van der Waals surface area contributed by atoms with Crippen LogP contribution in [0.5, 0.6) is 5.75 Å².